The van der Waals surface area contributed by atoms with E-state index >= 15 is 0 Å². The van der Waals surface area contributed by atoms with Crippen molar-refractivity contribution in [1.82, 2.24) is 4.90 Å². The second-order valence-electron chi connectivity index (χ2n) is 4.44. The van der Waals surface area contributed by atoms with Crippen molar-refractivity contribution in [2.24, 2.45) is 10.7 Å². The number of nitrogens with zero attached hydrogens (tertiary/aromatic N) is 2. The third-order valence-electron chi connectivity index (χ3n) is 3.04. The summed E-state index contributed by atoms with van der Waals surface area (Å²) in [6.07, 6.45) is 0. The fourth-order valence-corrected chi connectivity index (χ4v) is 1.93. The average molecular weight is 315 g/mol. The van der Waals surface area contributed by atoms with Gasteiger partial charge >= 0.3 is 6.61 Å². The van der Waals surface area contributed by atoms with Crippen LogP contribution < -0.4 is 15.2 Å². The number of guanidine groups is 1. The Kier molecular flexibility index (Phi) is 7.42. The lowest BCUT2D eigenvalue weighted by Crippen LogP contribution is -2.37. The first kappa shape index (κ1) is 18.0. The Morgan fingerprint density at radius 1 is 1.23 bits per heavy atom. The number of ether oxygens (including phenoxy) is 2. The number of benzene rings is 1. The maximum absolute atomic E-state index is 12.3. The molecule has 0 aliphatic heterocycles. The number of rotatable bonds is 8. The van der Waals surface area contributed by atoms with E-state index in [9.17, 15) is 8.78 Å². The van der Waals surface area contributed by atoms with Gasteiger partial charge in [0.05, 0.1) is 13.2 Å². The molecule has 0 atom stereocenters. The van der Waals surface area contributed by atoms with Crippen molar-refractivity contribution in [3.63, 3.8) is 0 Å². The van der Waals surface area contributed by atoms with Crippen molar-refractivity contribution in [3.05, 3.63) is 23.8 Å². The molecule has 0 spiro atoms. The van der Waals surface area contributed by atoms with Crippen LogP contribution in [0.15, 0.2) is 23.2 Å². The van der Waals surface area contributed by atoms with E-state index in [1.165, 1.54) is 6.07 Å². The van der Waals surface area contributed by atoms with Crippen LogP contribution in [0.5, 0.6) is 11.5 Å². The molecule has 0 amide bonds. The number of halogens is 2. The summed E-state index contributed by atoms with van der Waals surface area (Å²) < 4.78 is 34.4. The summed E-state index contributed by atoms with van der Waals surface area (Å²) >= 11 is 0. The molecule has 2 N–H and O–H groups in total. The van der Waals surface area contributed by atoms with Crippen LogP contribution in [-0.4, -0.2) is 37.2 Å². The van der Waals surface area contributed by atoms with Gasteiger partial charge in [-0.3, -0.25) is 0 Å². The van der Waals surface area contributed by atoms with Gasteiger partial charge in [0.1, 0.15) is 0 Å². The monoisotopic (exact) mass is 315 g/mol. The van der Waals surface area contributed by atoms with E-state index in [2.05, 4.69) is 9.73 Å². The topological polar surface area (TPSA) is 60.1 Å². The van der Waals surface area contributed by atoms with Gasteiger partial charge in [0.15, 0.2) is 17.5 Å². The fourth-order valence-electron chi connectivity index (χ4n) is 1.93. The van der Waals surface area contributed by atoms with Crippen molar-refractivity contribution in [2.45, 2.75) is 33.9 Å². The summed E-state index contributed by atoms with van der Waals surface area (Å²) in [7, 11) is 0. The molecule has 0 unspecified atom stereocenters. The van der Waals surface area contributed by atoms with Gasteiger partial charge in [0.25, 0.3) is 0 Å². The molecule has 0 aromatic heterocycles. The van der Waals surface area contributed by atoms with E-state index in [4.69, 9.17) is 10.5 Å². The summed E-state index contributed by atoms with van der Waals surface area (Å²) in [5.74, 6) is 0.745. The van der Waals surface area contributed by atoms with E-state index < -0.39 is 6.61 Å². The number of aliphatic imine (C=N–C) groups is 1. The molecule has 1 aromatic rings. The molecule has 0 saturated carbocycles. The molecule has 0 aliphatic carbocycles. The molecule has 0 radical (unpaired) electrons. The highest BCUT2D eigenvalue weighted by Gasteiger charge is 2.11. The van der Waals surface area contributed by atoms with Gasteiger partial charge in [0, 0.05) is 13.1 Å². The molecule has 0 heterocycles. The molecule has 0 saturated heterocycles. The SMILES string of the molecule is CCOc1cc(CN=C(N)N(CC)CC)ccc1OC(F)F. The Morgan fingerprint density at radius 2 is 1.91 bits per heavy atom. The van der Waals surface area contributed by atoms with Gasteiger partial charge < -0.3 is 20.1 Å². The van der Waals surface area contributed by atoms with Gasteiger partial charge in [0.2, 0.25) is 0 Å². The van der Waals surface area contributed by atoms with Crippen LogP contribution in [-0.2, 0) is 6.54 Å². The van der Waals surface area contributed by atoms with Crippen molar-refractivity contribution in [1.29, 1.82) is 0 Å². The quantitative estimate of drug-likeness (QED) is 0.592. The maximum Gasteiger partial charge on any atom is 0.387 e. The minimum Gasteiger partial charge on any atom is -0.490 e. The Balaban J connectivity index is 2.87. The van der Waals surface area contributed by atoms with Gasteiger partial charge in [-0.15, -0.1) is 0 Å². The van der Waals surface area contributed by atoms with Crippen LogP contribution in [0.2, 0.25) is 0 Å². The fraction of sp³-hybridized carbons (Fsp3) is 0.533. The highest BCUT2D eigenvalue weighted by atomic mass is 19.3. The lowest BCUT2D eigenvalue weighted by atomic mass is 10.2. The highest BCUT2D eigenvalue weighted by molar-refractivity contribution is 5.78. The van der Waals surface area contributed by atoms with E-state index in [1.54, 1.807) is 19.1 Å². The predicted octanol–water partition coefficient (Wildman–Crippen LogP) is 2.84. The molecule has 0 bridgehead atoms. The van der Waals surface area contributed by atoms with Gasteiger partial charge in [-0.25, -0.2) is 4.99 Å². The van der Waals surface area contributed by atoms with Gasteiger partial charge in [-0.1, -0.05) is 6.07 Å². The highest BCUT2D eigenvalue weighted by Crippen LogP contribution is 2.30. The third-order valence-corrected chi connectivity index (χ3v) is 3.04. The second kappa shape index (κ2) is 9.07. The molecule has 7 heteroatoms. The average Bonchev–Trinajstić information content (AvgIpc) is 2.48. The Morgan fingerprint density at radius 3 is 2.45 bits per heavy atom. The summed E-state index contributed by atoms with van der Waals surface area (Å²) in [4.78, 5) is 6.23. The molecule has 0 fully saturated rings. The van der Waals surface area contributed by atoms with Crippen molar-refractivity contribution >= 4 is 5.96 Å². The first-order chi connectivity index (χ1) is 10.5. The molecule has 22 heavy (non-hydrogen) atoms. The Labute approximate surface area is 129 Å². The van der Waals surface area contributed by atoms with E-state index in [-0.39, 0.29) is 11.5 Å². The zero-order valence-electron chi connectivity index (χ0n) is 13.2. The maximum atomic E-state index is 12.3. The number of alkyl halides is 2. The van der Waals surface area contributed by atoms with E-state index in [0.717, 1.165) is 18.7 Å². The van der Waals surface area contributed by atoms with Crippen LogP contribution in [0.3, 0.4) is 0 Å². The van der Waals surface area contributed by atoms with Crippen molar-refractivity contribution < 1.29 is 18.3 Å². The molecule has 1 aromatic carbocycles. The van der Waals surface area contributed by atoms with Crippen LogP contribution in [0.1, 0.15) is 26.3 Å². The van der Waals surface area contributed by atoms with E-state index in [0.29, 0.717) is 19.1 Å². The van der Waals surface area contributed by atoms with Crippen LogP contribution in [0.4, 0.5) is 8.78 Å². The zero-order valence-corrected chi connectivity index (χ0v) is 13.2. The summed E-state index contributed by atoms with van der Waals surface area (Å²) in [5, 5.41) is 0. The number of hydrogen-bond acceptors (Lipinski definition) is 3. The molecular weight excluding hydrogens is 292 g/mol. The predicted molar refractivity (Wildman–Crippen MR) is 82.5 cm³/mol. The summed E-state index contributed by atoms with van der Waals surface area (Å²) in [6, 6.07) is 4.76. The standard InChI is InChI=1S/C15H23F2N3O2/c1-4-20(5-2)15(18)19-10-11-7-8-12(22-14(16)17)13(9-11)21-6-3/h7-9,14H,4-6,10H2,1-3H3,(H2,18,19). The normalized spacial score (nSPS) is 11.6. The molecule has 5 nitrogen and oxygen atoms in total. The minimum atomic E-state index is -2.89. The first-order valence-electron chi connectivity index (χ1n) is 7.27. The Hall–Kier alpha value is -2.05. The number of hydrogen-bond donors (Lipinski definition) is 1. The lowest BCUT2D eigenvalue weighted by Gasteiger charge is -2.19. The minimum absolute atomic E-state index is 0.0151. The Bertz CT molecular complexity index is 492. The third kappa shape index (κ3) is 5.38. The van der Waals surface area contributed by atoms with Crippen molar-refractivity contribution in [3.8, 4) is 11.5 Å². The van der Waals surface area contributed by atoms with Crippen molar-refractivity contribution in [2.75, 3.05) is 19.7 Å². The summed E-state index contributed by atoms with van der Waals surface area (Å²) in [5.41, 5.74) is 6.71. The van der Waals surface area contributed by atoms with E-state index in [1.807, 2.05) is 18.7 Å². The first-order valence-corrected chi connectivity index (χ1v) is 7.27. The largest absolute Gasteiger partial charge is 0.490 e. The molecule has 124 valence electrons. The number of nitrogens with two attached hydrogens (primary N) is 1. The zero-order chi connectivity index (χ0) is 16.5. The van der Waals surface area contributed by atoms with Crippen LogP contribution in [0.25, 0.3) is 0 Å². The molecule has 0 aliphatic rings. The smallest absolute Gasteiger partial charge is 0.387 e. The summed E-state index contributed by atoms with van der Waals surface area (Å²) in [6.45, 7) is 5.13. The van der Waals surface area contributed by atoms with Gasteiger partial charge in [-0.05, 0) is 38.5 Å². The van der Waals surface area contributed by atoms with Gasteiger partial charge in [-0.2, -0.15) is 8.78 Å². The van der Waals surface area contributed by atoms with Crippen LogP contribution >= 0.6 is 0 Å². The lowest BCUT2D eigenvalue weighted by molar-refractivity contribution is -0.0514. The molecular formula is C15H23F2N3O2. The second-order valence-corrected chi connectivity index (χ2v) is 4.44. The molecule has 1 rings (SSSR count). The van der Waals surface area contributed by atoms with Crippen LogP contribution in [0, 0.1) is 0 Å².